The fraction of sp³-hybridized carbons (Fsp3) is 0.385. The van der Waals surface area contributed by atoms with Gasteiger partial charge in [0, 0.05) is 47.4 Å². The van der Waals surface area contributed by atoms with Crippen molar-refractivity contribution < 1.29 is 58.0 Å². The zero-order valence-corrected chi connectivity index (χ0v) is 44.3. The van der Waals surface area contributed by atoms with Crippen molar-refractivity contribution in [3.63, 3.8) is 0 Å². The normalized spacial score (nSPS) is 10.0. The molecule has 42 heteroatoms. The maximum atomic E-state index is 8.53. The lowest BCUT2D eigenvalue weighted by atomic mass is 10.4. The number of nitrogen functional groups attached to an aromatic ring is 18. The quantitative estimate of drug-likeness (QED) is 0.0236. The molecule has 0 aromatic carbocycles. The lowest BCUT2D eigenvalue weighted by molar-refractivity contribution is 0.0485. The average Bonchev–Trinajstić information content (AvgIpc) is 3.41. The molecular formula is C39H72N30O12. The number of aliphatic hydroxyl groups is 3. The van der Waals surface area contributed by atoms with Gasteiger partial charge in [-0.25, -0.2) is 0 Å². The van der Waals surface area contributed by atoms with Gasteiger partial charge >= 0.3 is 0 Å². The van der Waals surface area contributed by atoms with E-state index in [9.17, 15) is 0 Å². The highest BCUT2D eigenvalue weighted by atomic mass is 16.7. The second-order valence-electron chi connectivity index (χ2n) is 14.5. The second kappa shape index (κ2) is 36.5. The Balaban J connectivity index is 0.000000487. The van der Waals surface area contributed by atoms with Crippen molar-refractivity contribution in [3.8, 4) is 35.3 Å². The summed E-state index contributed by atoms with van der Waals surface area (Å²) in [5.41, 5.74) is 98.5. The van der Waals surface area contributed by atoms with Crippen LogP contribution in [0.1, 0.15) is 12.8 Å². The Bertz CT molecular complexity index is 2710. The van der Waals surface area contributed by atoms with Crippen molar-refractivity contribution in [1.29, 1.82) is 0 Å². The molecule has 81 heavy (non-hydrogen) atoms. The molecule has 0 saturated carbocycles. The molecule has 0 aliphatic carbocycles. The first-order valence-corrected chi connectivity index (χ1v) is 22.6. The summed E-state index contributed by atoms with van der Waals surface area (Å²) in [6.07, 6.45) is 1.23. The van der Waals surface area contributed by atoms with Crippen molar-refractivity contribution in [2.45, 2.75) is 12.8 Å². The van der Waals surface area contributed by atoms with Crippen LogP contribution in [0.15, 0.2) is 0 Å². The van der Waals surface area contributed by atoms with Gasteiger partial charge in [-0.1, -0.05) is 0 Å². The first kappa shape index (κ1) is 68.5. The van der Waals surface area contributed by atoms with Gasteiger partial charge in [-0.3, -0.25) is 0 Å². The standard InChI is InChI=1S/C8H15N5O2.2C7H13N5O2.2C6H11N5O2.C5H9N5O2/c1-14-3-2-4-15-7-5(9)6(10)12-8(11)13-7;1-13-2-3-14-6-4(8)5(9)11-7(10)12-6;8-4-5(9)11-7(10)12-6(4)14-3-1-2-13;1-12-2-13-5-3(7)4(8)10-6(9)11-5;7-3-4(8)10-6(9)11-5(3)13-2-1-12;6-2-3(7)9-5(8)10-4(2)12-1-11/h2-4,9H2,1H3,(H4,10,11,12,13);2-3,8H2,1H3,(H4,9,10,11,12);13H,1-3,8H2,(H4,9,10,11,12);2,7H2,1H3,(H4,8,9,10,11);12H,1-2,7H2,(H4,8,9,10,11);11H,1,6H2,(H4,7,8,9,10). The summed E-state index contributed by atoms with van der Waals surface area (Å²) in [6.45, 7) is 1.58. The van der Waals surface area contributed by atoms with Gasteiger partial charge in [-0.05, 0) is 0 Å². The smallest absolute Gasteiger partial charge is 0.246 e. The minimum absolute atomic E-state index is 0.00991. The Morgan fingerprint density at radius 1 is 0.272 bits per heavy atom. The predicted molar refractivity (Wildman–Crippen MR) is 301 cm³/mol. The topological polar surface area (TPSA) is 767 Å². The molecule has 0 unspecified atom stereocenters. The second-order valence-corrected chi connectivity index (χ2v) is 14.5. The highest BCUT2D eigenvalue weighted by molar-refractivity contribution is 5.69. The van der Waals surface area contributed by atoms with Crippen LogP contribution >= 0.6 is 0 Å². The van der Waals surface area contributed by atoms with E-state index >= 15 is 0 Å². The average molecular weight is 1150 g/mol. The van der Waals surface area contributed by atoms with Gasteiger partial charge in [-0.2, -0.15) is 59.8 Å². The van der Waals surface area contributed by atoms with Crippen molar-refractivity contribution in [2.75, 3.05) is 191 Å². The van der Waals surface area contributed by atoms with Gasteiger partial charge in [0.2, 0.25) is 71.0 Å². The number of ether oxygens (including phenoxy) is 9. The van der Waals surface area contributed by atoms with Crippen molar-refractivity contribution in [1.82, 2.24) is 59.8 Å². The first-order valence-electron chi connectivity index (χ1n) is 22.6. The third kappa shape index (κ3) is 25.0. The van der Waals surface area contributed by atoms with E-state index in [1.54, 1.807) is 14.2 Å². The highest BCUT2D eigenvalue weighted by Gasteiger charge is 2.13. The molecule has 0 amide bonds. The molecule has 450 valence electrons. The minimum Gasteiger partial charge on any atom is -0.476 e. The maximum Gasteiger partial charge on any atom is 0.246 e. The SMILES string of the molecule is COCCCOc1nc(N)nc(N)c1N.COCCOc1nc(N)nc(N)c1N.COCOc1nc(N)nc(N)c1N.Nc1nc(N)c(N)c(OCCCO)n1.Nc1nc(N)c(N)c(OCCO)n1.Nc1nc(N)c(N)c(OCO)n1. The number of nitrogens with zero attached hydrogens (tertiary/aromatic N) is 12. The van der Waals surface area contributed by atoms with Gasteiger partial charge in [0.15, 0.2) is 48.5 Å². The molecule has 6 aromatic heterocycles. The minimum atomic E-state index is -0.542. The molecule has 6 aromatic rings. The number of nitrogens with two attached hydrogens (primary N) is 18. The number of hydrogen-bond donors (Lipinski definition) is 21. The van der Waals surface area contributed by atoms with Crippen LogP contribution in [0, 0.1) is 0 Å². The number of methoxy groups -OCH3 is 3. The number of aromatic nitrogens is 12. The van der Waals surface area contributed by atoms with Crippen LogP contribution in [0.4, 0.5) is 105 Å². The molecule has 39 N–H and O–H groups in total. The van der Waals surface area contributed by atoms with Gasteiger partial charge < -0.3 is 161 Å². The van der Waals surface area contributed by atoms with Crippen LogP contribution in [0.3, 0.4) is 0 Å². The monoisotopic (exact) mass is 1150 g/mol. The van der Waals surface area contributed by atoms with Gasteiger partial charge in [0.1, 0.15) is 47.3 Å². The van der Waals surface area contributed by atoms with E-state index in [0.29, 0.717) is 39.5 Å². The van der Waals surface area contributed by atoms with Gasteiger partial charge in [-0.15, -0.1) is 0 Å². The van der Waals surface area contributed by atoms with Gasteiger partial charge in [0.25, 0.3) is 0 Å². The molecule has 0 spiro atoms. The number of rotatable bonds is 21. The largest absolute Gasteiger partial charge is 0.476 e. The summed E-state index contributed by atoms with van der Waals surface area (Å²) in [7, 11) is 4.66. The molecule has 0 atom stereocenters. The van der Waals surface area contributed by atoms with Crippen LogP contribution in [0.5, 0.6) is 35.3 Å². The summed E-state index contributed by atoms with van der Waals surface area (Å²) in [4.78, 5) is 44.3. The van der Waals surface area contributed by atoms with Crippen LogP contribution in [-0.2, 0) is 14.2 Å². The summed E-state index contributed by atoms with van der Waals surface area (Å²) >= 11 is 0. The number of hydrogen-bond acceptors (Lipinski definition) is 42. The molecule has 0 aliphatic heterocycles. The van der Waals surface area contributed by atoms with Crippen molar-refractivity contribution >= 4 is 105 Å². The van der Waals surface area contributed by atoms with Crippen LogP contribution in [-0.4, -0.2) is 163 Å². The molecule has 0 saturated heterocycles. The van der Waals surface area contributed by atoms with E-state index in [-0.39, 0.29) is 167 Å². The summed E-state index contributed by atoms with van der Waals surface area (Å²) in [5.74, 6) is 1.35. The Kier molecular flexibility index (Phi) is 30.8. The highest BCUT2D eigenvalue weighted by Crippen LogP contribution is 2.28. The van der Waals surface area contributed by atoms with E-state index in [0.717, 1.165) is 6.42 Å². The third-order valence-electron chi connectivity index (χ3n) is 8.39. The predicted octanol–water partition coefficient (Wildman–Crippen LogP) is -5.78. The zero-order valence-electron chi connectivity index (χ0n) is 44.3. The first-order chi connectivity index (χ1) is 38.4. The molecule has 42 nitrogen and oxygen atoms in total. The lowest BCUT2D eigenvalue weighted by Gasteiger charge is -2.09. The van der Waals surface area contributed by atoms with Gasteiger partial charge in [0.05, 0.1) is 26.4 Å². The molecule has 0 aliphatic rings. The van der Waals surface area contributed by atoms with E-state index < -0.39 is 6.79 Å². The molecular weight excluding hydrogens is 1080 g/mol. The Labute approximate surface area is 460 Å². The Morgan fingerprint density at radius 2 is 0.543 bits per heavy atom. The summed E-state index contributed by atoms with van der Waals surface area (Å²) < 4.78 is 44.5. The van der Waals surface area contributed by atoms with E-state index in [1.807, 2.05) is 0 Å². The lowest BCUT2D eigenvalue weighted by Crippen LogP contribution is -2.11. The van der Waals surface area contributed by atoms with Crippen molar-refractivity contribution in [2.24, 2.45) is 0 Å². The molecule has 0 radical (unpaired) electrons. The number of aliphatic hydroxyl groups excluding tert-OH is 3. The summed E-state index contributed by atoms with van der Waals surface area (Å²) in [6, 6.07) is 0. The van der Waals surface area contributed by atoms with Crippen LogP contribution < -0.4 is 132 Å². The number of anilines is 18. The van der Waals surface area contributed by atoms with E-state index in [4.69, 9.17) is 152 Å². The maximum absolute atomic E-state index is 8.53. The third-order valence-corrected chi connectivity index (χ3v) is 8.39. The Morgan fingerprint density at radius 3 is 0.815 bits per heavy atom. The molecule has 0 bridgehead atoms. The molecule has 6 rings (SSSR count). The molecule has 6 heterocycles. The van der Waals surface area contributed by atoms with Crippen LogP contribution in [0.25, 0.3) is 0 Å². The fourth-order valence-corrected chi connectivity index (χ4v) is 4.70. The zero-order chi connectivity index (χ0) is 61.2. The van der Waals surface area contributed by atoms with Crippen LogP contribution in [0.2, 0.25) is 0 Å². The van der Waals surface area contributed by atoms with E-state index in [2.05, 4.69) is 69.3 Å². The Hall–Kier alpha value is -10.6. The molecule has 0 fully saturated rings. The van der Waals surface area contributed by atoms with E-state index in [1.165, 1.54) is 7.11 Å². The fourth-order valence-electron chi connectivity index (χ4n) is 4.70. The van der Waals surface area contributed by atoms with Crippen molar-refractivity contribution in [3.05, 3.63) is 0 Å². The summed E-state index contributed by atoms with van der Waals surface area (Å²) in [5, 5.41) is 25.4.